The summed E-state index contributed by atoms with van der Waals surface area (Å²) in [5.41, 5.74) is 0.691. The molecule has 2 aliphatic heterocycles. The van der Waals surface area contributed by atoms with E-state index in [1.54, 1.807) is 13.1 Å². The van der Waals surface area contributed by atoms with E-state index < -0.39 is 29.0 Å². The van der Waals surface area contributed by atoms with Crippen LogP contribution in [0.1, 0.15) is 30.2 Å². The quantitative estimate of drug-likeness (QED) is 0.186. The van der Waals surface area contributed by atoms with Crippen LogP contribution in [0.4, 0.5) is 0 Å². The molecule has 2 amide bonds. The van der Waals surface area contributed by atoms with Crippen LogP contribution in [0.15, 0.2) is 44.8 Å². The van der Waals surface area contributed by atoms with Crippen LogP contribution in [0.3, 0.4) is 0 Å². The summed E-state index contributed by atoms with van der Waals surface area (Å²) in [6.45, 7) is 4.24. The zero-order valence-corrected chi connectivity index (χ0v) is 22.2. The van der Waals surface area contributed by atoms with Crippen LogP contribution in [0, 0.1) is 6.92 Å². The van der Waals surface area contributed by atoms with Gasteiger partial charge in [-0.05, 0) is 30.4 Å². The summed E-state index contributed by atoms with van der Waals surface area (Å²) in [5.74, 6) is -1.26. The maximum Gasteiger partial charge on any atom is 0.381 e. The van der Waals surface area contributed by atoms with Crippen LogP contribution in [-0.4, -0.2) is 67.0 Å². The summed E-state index contributed by atoms with van der Waals surface area (Å²) < 4.78 is 1.11. The Kier molecular flexibility index (Phi) is 8.42. The lowest BCUT2D eigenvalue weighted by Gasteiger charge is -2.49. The number of aromatic nitrogens is 2. The van der Waals surface area contributed by atoms with Gasteiger partial charge in [-0.25, -0.2) is 9.59 Å². The van der Waals surface area contributed by atoms with Crippen molar-refractivity contribution in [1.82, 2.24) is 19.9 Å². The number of carbonyl (C=O) groups excluding carboxylic acids is 2. The molecule has 10 nitrogen and oxygen atoms in total. The van der Waals surface area contributed by atoms with Crippen molar-refractivity contribution in [3.05, 3.63) is 55.9 Å². The van der Waals surface area contributed by atoms with Gasteiger partial charge in [0.2, 0.25) is 5.91 Å². The number of thiophene rings is 1. The van der Waals surface area contributed by atoms with Crippen LogP contribution in [-0.2, 0) is 20.8 Å². The van der Waals surface area contributed by atoms with Crippen LogP contribution >= 0.6 is 34.9 Å². The molecule has 36 heavy (non-hydrogen) atoms. The first-order valence-corrected chi connectivity index (χ1v) is 14.3. The molecule has 13 heteroatoms. The van der Waals surface area contributed by atoms with Crippen molar-refractivity contribution >= 4 is 52.6 Å². The maximum atomic E-state index is 12.8. The van der Waals surface area contributed by atoms with Gasteiger partial charge in [-0.15, -0.1) is 39.6 Å². The highest BCUT2D eigenvalue weighted by Crippen LogP contribution is 2.41. The highest BCUT2D eigenvalue weighted by atomic mass is 32.2. The van der Waals surface area contributed by atoms with Crippen molar-refractivity contribution in [1.29, 1.82) is 0 Å². The van der Waals surface area contributed by atoms with Crippen LogP contribution < -0.4 is 15.8 Å². The molecule has 0 aliphatic carbocycles. The molecule has 1 fully saturated rings. The maximum absolute atomic E-state index is 12.8. The van der Waals surface area contributed by atoms with Gasteiger partial charge in [-0.1, -0.05) is 19.4 Å². The molecule has 0 radical (unpaired) electrons. The standard InChI is InChI=1S/C23H26N4O6S3/c1-3-4-7-33-26-10-13(2)19(25-23(26)32)35-11-14-12-36-21-17(20(29)27(21)18(14)22(30)31)24-16(28)9-15-6-5-8-34-15/h5-6,8,10,17,21H,3-4,7,9,11-12H2,1-2H3,(H,24,28)(H,30,31)/t17-,21+/m1/s1. The molecule has 0 bridgehead atoms. The van der Waals surface area contributed by atoms with E-state index in [9.17, 15) is 24.3 Å². The van der Waals surface area contributed by atoms with Crippen molar-refractivity contribution in [2.75, 3.05) is 18.1 Å². The number of fused-ring (bicyclic) bond motifs is 1. The Morgan fingerprint density at radius 1 is 1.36 bits per heavy atom. The largest absolute Gasteiger partial charge is 0.477 e. The number of carbonyl (C=O) groups is 3. The van der Waals surface area contributed by atoms with Gasteiger partial charge in [0.15, 0.2) is 0 Å². The number of unbranched alkanes of at least 4 members (excludes halogenated alkanes) is 1. The van der Waals surface area contributed by atoms with Gasteiger partial charge in [-0.3, -0.25) is 14.5 Å². The van der Waals surface area contributed by atoms with Gasteiger partial charge < -0.3 is 15.3 Å². The van der Waals surface area contributed by atoms with E-state index in [1.807, 2.05) is 24.4 Å². The van der Waals surface area contributed by atoms with Crippen molar-refractivity contribution in [3.63, 3.8) is 0 Å². The number of hydrogen-bond acceptors (Lipinski definition) is 9. The first kappa shape index (κ1) is 26.3. The first-order valence-electron chi connectivity index (χ1n) is 11.4. The number of amides is 2. The van der Waals surface area contributed by atoms with Gasteiger partial charge in [0.1, 0.15) is 28.7 Å². The Morgan fingerprint density at radius 2 is 2.17 bits per heavy atom. The third-order valence-electron chi connectivity index (χ3n) is 5.63. The average Bonchev–Trinajstić information content (AvgIpc) is 3.35. The number of aryl methyl sites for hydroxylation is 1. The molecular weight excluding hydrogens is 524 g/mol. The number of nitrogens with one attached hydrogen (secondary N) is 1. The zero-order chi connectivity index (χ0) is 25.8. The Balaban J connectivity index is 1.43. The molecular formula is C23H26N4O6S3. The fourth-order valence-corrected chi connectivity index (χ4v) is 6.95. The van der Waals surface area contributed by atoms with Crippen LogP contribution in [0.5, 0.6) is 0 Å². The molecule has 0 aromatic carbocycles. The second-order valence-corrected chi connectivity index (χ2v) is 11.4. The van der Waals surface area contributed by atoms with E-state index in [0.717, 1.165) is 28.0 Å². The fourth-order valence-electron chi connectivity index (χ4n) is 3.80. The Morgan fingerprint density at radius 3 is 2.86 bits per heavy atom. The van der Waals surface area contributed by atoms with Crippen molar-refractivity contribution in [2.24, 2.45) is 0 Å². The third-order valence-corrected chi connectivity index (χ3v) is 9.02. The Bertz CT molecular complexity index is 1240. The molecule has 0 unspecified atom stereocenters. The van der Waals surface area contributed by atoms with E-state index in [2.05, 4.69) is 10.3 Å². The van der Waals surface area contributed by atoms with E-state index in [4.69, 9.17) is 4.84 Å². The number of thioether (sulfide) groups is 2. The van der Waals surface area contributed by atoms with E-state index >= 15 is 0 Å². The molecule has 1 saturated heterocycles. The lowest BCUT2D eigenvalue weighted by molar-refractivity contribution is -0.150. The molecule has 4 heterocycles. The van der Waals surface area contributed by atoms with E-state index in [1.165, 1.54) is 39.8 Å². The third kappa shape index (κ3) is 5.62. The number of carboxylic acid groups (broad SMARTS) is 1. The summed E-state index contributed by atoms with van der Waals surface area (Å²) in [6, 6.07) is 2.95. The fraction of sp³-hybridized carbons (Fsp3) is 0.435. The number of β-lactam (4-membered cyclic amide) rings is 1. The summed E-state index contributed by atoms with van der Waals surface area (Å²) in [6.07, 6.45) is 3.52. The SMILES string of the molecule is CCCCOn1cc(C)c(SCC2=C(C(=O)O)N3C(=O)[C@@H](NC(=O)Cc4cccs4)[C@@H]3SC2)nc1=O. The van der Waals surface area contributed by atoms with Gasteiger partial charge in [-0.2, -0.15) is 4.98 Å². The normalized spacial score (nSPS) is 19.1. The molecule has 2 aromatic rings. The van der Waals surface area contributed by atoms with Crippen molar-refractivity contribution < 1.29 is 24.3 Å². The first-order chi connectivity index (χ1) is 17.3. The Labute approximate surface area is 220 Å². The summed E-state index contributed by atoms with van der Waals surface area (Å²) in [4.78, 5) is 61.3. The van der Waals surface area contributed by atoms with Crippen LogP contribution in [0.25, 0.3) is 0 Å². The number of aliphatic carboxylic acids is 1. The number of nitrogens with zero attached hydrogens (tertiary/aromatic N) is 3. The highest BCUT2D eigenvalue weighted by Gasteiger charge is 2.54. The van der Waals surface area contributed by atoms with Crippen LogP contribution in [0.2, 0.25) is 0 Å². The van der Waals surface area contributed by atoms with E-state index in [0.29, 0.717) is 23.0 Å². The summed E-state index contributed by atoms with van der Waals surface area (Å²) >= 11 is 4.12. The number of carboxylic acids is 1. The molecule has 2 aliphatic rings. The minimum atomic E-state index is -1.20. The molecule has 2 atom stereocenters. The van der Waals surface area contributed by atoms with Crippen molar-refractivity contribution in [2.45, 2.75) is 49.6 Å². The lowest BCUT2D eigenvalue weighted by Crippen LogP contribution is -2.70. The molecule has 4 rings (SSSR count). The van der Waals surface area contributed by atoms with Gasteiger partial charge in [0.25, 0.3) is 5.91 Å². The molecule has 192 valence electrons. The minimum absolute atomic E-state index is 0.0612. The molecule has 2 aromatic heterocycles. The monoisotopic (exact) mass is 550 g/mol. The van der Waals surface area contributed by atoms with Crippen molar-refractivity contribution in [3.8, 4) is 0 Å². The minimum Gasteiger partial charge on any atom is -0.477 e. The summed E-state index contributed by atoms with van der Waals surface area (Å²) in [5, 5.41) is 14.5. The predicted octanol–water partition coefficient (Wildman–Crippen LogP) is 1.92. The molecule has 2 N–H and O–H groups in total. The topological polar surface area (TPSA) is 131 Å². The smallest absolute Gasteiger partial charge is 0.381 e. The number of rotatable bonds is 11. The van der Waals surface area contributed by atoms with E-state index in [-0.39, 0.29) is 23.8 Å². The average molecular weight is 551 g/mol. The van der Waals surface area contributed by atoms with Gasteiger partial charge >= 0.3 is 11.7 Å². The Hall–Kier alpha value is -2.77. The van der Waals surface area contributed by atoms with Gasteiger partial charge in [0, 0.05) is 21.9 Å². The highest BCUT2D eigenvalue weighted by molar-refractivity contribution is 8.01. The number of hydrogen-bond donors (Lipinski definition) is 2. The molecule has 0 spiro atoms. The zero-order valence-electron chi connectivity index (χ0n) is 19.8. The predicted molar refractivity (Wildman–Crippen MR) is 138 cm³/mol. The lowest BCUT2D eigenvalue weighted by atomic mass is 10.0. The molecule has 0 saturated carbocycles. The summed E-state index contributed by atoms with van der Waals surface area (Å²) in [7, 11) is 0. The second kappa shape index (κ2) is 11.5. The van der Waals surface area contributed by atoms with Gasteiger partial charge in [0.05, 0.1) is 12.6 Å². The second-order valence-electron chi connectivity index (χ2n) is 8.28.